The summed E-state index contributed by atoms with van der Waals surface area (Å²) in [6.07, 6.45) is 6.37. The van der Waals surface area contributed by atoms with Gasteiger partial charge in [0.1, 0.15) is 0 Å². The molecular weight excluding hydrogens is 158 g/mol. The molecule has 0 aromatic carbocycles. The minimum absolute atomic E-state index is 0.346. The van der Waals surface area contributed by atoms with Crippen molar-refractivity contribution in [1.29, 1.82) is 10.5 Å². The summed E-state index contributed by atoms with van der Waals surface area (Å²) in [4.78, 5) is 3.41. The van der Waals surface area contributed by atoms with Gasteiger partial charge in [-0.2, -0.15) is 15.5 Å². The van der Waals surface area contributed by atoms with E-state index < -0.39 is 0 Å². The zero-order chi connectivity index (χ0) is 8.81. The van der Waals surface area contributed by atoms with Crippen molar-refractivity contribution in [2.24, 2.45) is 4.99 Å². The average Bonchev–Trinajstić information content (AvgIpc) is 2.06. The number of nitrogens with one attached hydrogen (secondary N) is 3. The van der Waals surface area contributed by atoms with Gasteiger partial charge in [-0.15, -0.1) is 0 Å². The lowest BCUT2D eigenvalue weighted by Crippen LogP contribution is -2.56. The normalized spacial score (nSPS) is 18.7. The maximum absolute atomic E-state index is 8.22. The van der Waals surface area contributed by atoms with Gasteiger partial charge in [-0.3, -0.25) is 10.9 Å². The number of aliphatic imine (C=N–C) groups is 1. The molecule has 7 heteroatoms. The minimum atomic E-state index is 0.346. The van der Waals surface area contributed by atoms with Crippen LogP contribution in [-0.4, -0.2) is 11.1 Å². The molecule has 0 unspecified atom stereocenters. The predicted molar refractivity (Wildman–Crippen MR) is 39.0 cm³/mol. The number of hydrogen-bond acceptors (Lipinski definition) is 6. The van der Waals surface area contributed by atoms with Crippen molar-refractivity contribution in [1.82, 2.24) is 21.5 Å². The molecule has 12 heavy (non-hydrogen) atoms. The van der Waals surface area contributed by atoms with Gasteiger partial charge in [0.05, 0.1) is 0 Å². The second-order valence-electron chi connectivity index (χ2n) is 1.73. The fraction of sp³-hybridized carbons (Fsp3) is 0. The first kappa shape index (κ1) is 7.85. The summed E-state index contributed by atoms with van der Waals surface area (Å²) in [5.41, 5.74) is 7.46. The Balaban J connectivity index is 2.59. The molecule has 0 saturated heterocycles. The van der Waals surface area contributed by atoms with Crippen LogP contribution in [0.4, 0.5) is 0 Å². The molecule has 1 aliphatic heterocycles. The third-order valence-electron chi connectivity index (χ3n) is 1.00. The third kappa shape index (κ3) is 1.87. The lowest BCUT2D eigenvalue weighted by Gasteiger charge is -2.23. The molecule has 0 amide bonds. The van der Waals surface area contributed by atoms with E-state index in [9.17, 15) is 0 Å². The average molecular weight is 163 g/mol. The molecule has 1 aliphatic rings. The first-order chi connectivity index (χ1) is 5.86. The highest BCUT2D eigenvalue weighted by molar-refractivity contribution is 5.93. The number of nitrogens with zero attached hydrogens (tertiary/aromatic N) is 4. The Labute approximate surface area is 68.5 Å². The van der Waals surface area contributed by atoms with Gasteiger partial charge in [0.2, 0.25) is 6.19 Å². The fourth-order valence-corrected chi connectivity index (χ4v) is 0.601. The topological polar surface area (TPSA) is 99.3 Å². The summed E-state index contributed by atoms with van der Waals surface area (Å²) >= 11 is 0. The molecule has 0 radical (unpaired) electrons. The molecule has 0 aliphatic carbocycles. The van der Waals surface area contributed by atoms with E-state index in [2.05, 4.69) is 21.3 Å². The molecule has 1 rings (SSSR count). The molecule has 0 atom stereocenters. The molecular formula is C5H5N7. The zero-order valence-corrected chi connectivity index (χ0v) is 5.94. The number of nitriles is 2. The van der Waals surface area contributed by atoms with Crippen LogP contribution in [0.3, 0.4) is 0 Å². The Morgan fingerprint density at radius 1 is 1.58 bits per heavy atom. The third-order valence-corrected chi connectivity index (χ3v) is 1.00. The Bertz CT molecular complexity index is 290. The van der Waals surface area contributed by atoms with Crippen molar-refractivity contribution in [3.05, 3.63) is 12.3 Å². The van der Waals surface area contributed by atoms with Crippen LogP contribution >= 0.6 is 0 Å². The van der Waals surface area contributed by atoms with Crippen LogP contribution in [0.2, 0.25) is 0 Å². The number of rotatable bonds is 1. The number of amidine groups is 1. The SMILES string of the molecule is N#CN=C1C=CNN(NC#N)N1. The summed E-state index contributed by atoms with van der Waals surface area (Å²) in [7, 11) is 0. The molecule has 3 N–H and O–H groups in total. The highest BCUT2D eigenvalue weighted by Gasteiger charge is 2.06. The summed E-state index contributed by atoms with van der Waals surface area (Å²) in [5.74, 6) is 0.346. The fourth-order valence-electron chi connectivity index (χ4n) is 0.601. The first-order valence-electron chi connectivity index (χ1n) is 2.98. The van der Waals surface area contributed by atoms with Crippen LogP contribution < -0.4 is 16.3 Å². The van der Waals surface area contributed by atoms with E-state index in [0.717, 1.165) is 5.23 Å². The Morgan fingerprint density at radius 3 is 3.08 bits per heavy atom. The van der Waals surface area contributed by atoms with Gasteiger partial charge in [-0.25, -0.2) is 5.43 Å². The largest absolute Gasteiger partial charge is 0.289 e. The Hall–Kier alpha value is -2.25. The minimum Gasteiger partial charge on any atom is -0.289 e. The standard InChI is InChI=1S/C5H5N7/c6-3-8-5-1-2-9-12(11-5)10-4-7/h1-2,9-10H,(H,8,11). The van der Waals surface area contributed by atoms with Crippen LogP contribution in [0, 0.1) is 22.9 Å². The van der Waals surface area contributed by atoms with E-state index >= 15 is 0 Å². The second-order valence-corrected chi connectivity index (χ2v) is 1.73. The lowest BCUT2D eigenvalue weighted by atomic mass is 10.5. The Morgan fingerprint density at radius 2 is 2.42 bits per heavy atom. The first-order valence-corrected chi connectivity index (χ1v) is 2.98. The molecule has 1 heterocycles. The summed E-state index contributed by atoms with van der Waals surface area (Å²) < 4.78 is 0. The zero-order valence-electron chi connectivity index (χ0n) is 5.94. The van der Waals surface area contributed by atoms with E-state index in [1.807, 2.05) is 0 Å². The van der Waals surface area contributed by atoms with Crippen LogP contribution in [0.1, 0.15) is 0 Å². The van der Waals surface area contributed by atoms with Crippen molar-refractivity contribution in [3.8, 4) is 12.4 Å². The maximum atomic E-state index is 8.22. The maximum Gasteiger partial charge on any atom is 0.207 e. The van der Waals surface area contributed by atoms with Gasteiger partial charge < -0.3 is 0 Å². The van der Waals surface area contributed by atoms with Crippen molar-refractivity contribution >= 4 is 5.84 Å². The van der Waals surface area contributed by atoms with Gasteiger partial charge in [0.15, 0.2) is 12.0 Å². The number of hydrogen-bond donors (Lipinski definition) is 3. The van der Waals surface area contributed by atoms with Crippen molar-refractivity contribution in [3.63, 3.8) is 0 Å². The van der Waals surface area contributed by atoms with E-state index in [1.165, 1.54) is 6.20 Å². The monoisotopic (exact) mass is 163 g/mol. The molecule has 0 aromatic heterocycles. The molecule has 0 aromatic rings. The quantitative estimate of drug-likeness (QED) is 0.328. The predicted octanol–water partition coefficient (Wildman–Crippen LogP) is -1.31. The van der Waals surface area contributed by atoms with E-state index in [0.29, 0.717) is 5.84 Å². The molecule has 0 saturated carbocycles. The molecule has 0 fully saturated rings. The van der Waals surface area contributed by atoms with Gasteiger partial charge in [-0.1, -0.05) is 0 Å². The highest BCUT2D eigenvalue weighted by Crippen LogP contribution is 1.84. The van der Waals surface area contributed by atoms with Crippen molar-refractivity contribution < 1.29 is 0 Å². The molecule has 0 spiro atoms. The summed E-state index contributed by atoms with van der Waals surface area (Å²) in [5, 5.41) is 17.6. The Kier molecular flexibility index (Phi) is 2.49. The van der Waals surface area contributed by atoms with Crippen LogP contribution in [0.5, 0.6) is 0 Å². The van der Waals surface area contributed by atoms with E-state index in [-0.39, 0.29) is 0 Å². The summed E-state index contributed by atoms with van der Waals surface area (Å²) in [6.45, 7) is 0. The molecule has 60 valence electrons. The van der Waals surface area contributed by atoms with Crippen molar-refractivity contribution in [2.75, 3.05) is 0 Å². The van der Waals surface area contributed by atoms with E-state index in [4.69, 9.17) is 10.5 Å². The van der Waals surface area contributed by atoms with Crippen LogP contribution in [0.25, 0.3) is 0 Å². The lowest BCUT2D eigenvalue weighted by molar-refractivity contribution is 0.132. The van der Waals surface area contributed by atoms with Crippen LogP contribution in [0.15, 0.2) is 17.3 Å². The molecule has 0 bridgehead atoms. The van der Waals surface area contributed by atoms with Gasteiger partial charge in [0, 0.05) is 6.20 Å². The van der Waals surface area contributed by atoms with Crippen LogP contribution in [-0.2, 0) is 0 Å². The summed E-state index contributed by atoms with van der Waals surface area (Å²) in [6, 6.07) is 0. The molecule has 7 nitrogen and oxygen atoms in total. The second kappa shape index (κ2) is 3.81. The highest BCUT2D eigenvalue weighted by atomic mass is 15.9. The number of hydrazine groups is 3. The smallest absolute Gasteiger partial charge is 0.207 e. The van der Waals surface area contributed by atoms with E-state index in [1.54, 1.807) is 18.5 Å². The van der Waals surface area contributed by atoms with Gasteiger partial charge >= 0.3 is 0 Å². The van der Waals surface area contributed by atoms with Crippen molar-refractivity contribution in [2.45, 2.75) is 0 Å². The van der Waals surface area contributed by atoms with Gasteiger partial charge in [0.25, 0.3) is 0 Å². The van der Waals surface area contributed by atoms with Gasteiger partial charge in [-0.05, 0) is 11.3 Å².